The summed E-state index contributed by atoms with van der Waals surface area (Å²) < 4.78 is 0. The van der Waals surface area contributed by atoms with E-state index >= 15 is 0 Å². The molecule has 188 valence electrons. The van der Waals surface area contributed by atoms with Crippen molar-refractivity contribution in [3.63, 3.8) is 0 Å². The number of carbonyl (C=O) groups excluding carboxylic acids is 1. The number of hydrogen-bond donors (Lipinski definition) is 3. The molecule has 0 spiro atoms. The fourth-order valence-electron chi connectivity index (χ4n) is 9.18. The number of rotatable bonds is 4. The Balaban J connectivity index is 1.55. The maximum absolute atomic E-state index is 12.5. The zero-order valence-electron chi connectivity index (χ0n) is 22.0. The van der Waals surface area contributed by atoms with Crippen LogP contribution in [0.3, 0.4) is 0 Å². The summed E-state index contributed by atoms with van der Waals surface area (Å²) in [6.45, 7) is 10.9. The van der Waals surface area contributed by atoms with Gasteiger partial charge in [-0.05, 0) is 120 Å². The van der Waals surface area contributed by atoms with E-state index in [1.165, 1.54) is 32.1 Å². The molecule has 0 aromatic heterocycles. The number of aliphatic hydroxyl groups is 2. The molecular weight excluding hydrogens is 412 g/mol. The Morgan fingerprint density at radius 1 is 1.03 bits per heavy atom. The van der Waals surface area contributed by atoms with E-state index in [9.17, 15) is 15.0 Å². The fraction of sp³-hybridized carbons (Fsp3) is 0.893. The highest BCUT2D eigenvalue weighted by Crippen LogP contribution is 2.67. The van der Waals surface area contributed by atoms with Crippen LogP contribution < -0.4 is 5.32 Å². The van der Waals surface area contributed by atoms with E-state index in [-0.39, 0.29) is 17.2 Å². The van der Waals surface area contributed by atoms with E-state index in [0.29, 0.717) is 35.3 Å². The first-order valence-electron chi connectivity index (χ1n) is 13.4. The summed E-state index contributed by atoms with van der Waals surface area (Å²) in [5.74, 6) is 2.71. The van der Waals surface area contributed by atoms with Gasteiger partial charge in [-0.2, -0.15) is 0 Å². The molecule has 4 fully saturated rings. The van der Waals surface area contributed by atoms with Crippen molar-refractivity contribution < 1.29 is 15.0 Å². The quantitative estimate of drug-likeness (QED) is 0.555. The third-order valence-electron chi connectivity index (χ3n) is 11.3. The zero-order valence-corrected chi connectivity index (χ0v) is 22.0. The lowest BCUT2D eigenvalue weighted by Gasteiger charge is -2.63. The molecule has 4 rings (SSSR count). The number of carbonyl (C=O) groups is 1. The second-order valence-corrected chi connectivity index (χ2v) is 12.7. The van der Waals surface area contributed by atoms with Crippen LogP contribution in [0.1, 0.15) is 79.6 Å². The molecule has 5 heteroatoms. The smallest absolute Gasteiger partial charge is 0.246 e. The predicted octanol–water partition coefficient (Wildman–Crippen LogP) is 3.99. The van der Waals surface area contributed by atoms with Crippen LogP contribution >= 0.6 is 0 Å². The van der Waals surface area contributed by atoms with E-state index in [1.54, 1.807) is 13.0 Å². The minimum Gasteiger partial charge on any atom is -0.391 e. The highest BCUT2D eigenvalue weighted by molar-refractivity contribution is 5.92. The van der Waals surface area contributed by atoms with Gasteiger partial charge in [-0.1, -0.05) is 19.9 Å². The summed E-state index contributed by atoms with van der Waals surface area (Å²) in [5, 5.41) is 25.5. The van der Waals surface area contributed by atoms with Crippen LogP contribution in [0.25, 0.3) is 0 Å². The van der Waals surface area contributed by atoms with Gasteiger partial charge >= 0.3 is 0 Å². The Morgan fingerprint density at radius 2 is 1.67 bits per heavy atom. The minimum absolute atomic E-state index is 0.0643. The van der Waals surface area contributed by atoms with Crippen LogP contribution in [0.2, 0.25) is 0 Å². The summed E-state index contributed by atoms with van der Waals surface area (Å²) in [4.78, 5) is 14.9. The number of nitrogens with one attached hydrogen (secondary N) is 1. The lowest BCUT2D eigenvalue weighted by Crippen LogP contribution is -2.65. The third-order valence-corrected chi connectivity index (χ3v) is 11.3. The van der Waals surface area contributed by atoms with Crippen molar-refractivity contribution in [3.8, 4) is 0 Å². The average Bonchev–Trinajstić information content (AvgIpc) is 3.12. The van der Waals surface area contributed by atoms with Crippen LogP contribution in [0.4, 0.5) is 0 Å². The van der Waals surface area contributed by atoms with Crippen molar-refractivity contribution in [2.75, 3.05) is 14.1 Å². The van der Waals surface area contributed by atoms with Gasteiger partial charge in [0.25, 0.3) is 0 Å². The van der Waals surface area contributed by atoms with Crippen LogP contribution in [0.15, 0.2) is 11.6 Å². The molecule has 4 aliphatic rings. The Hall–Kier alpha value is -0.910. The Kier molecular flexibility index (Phi) is 6.83. The van der Waals surface area contributed by atoms with Crippen LogP contribution in [-0.4, -0.2) is 59.4 Å². The topological polar surface area (TPSA) is 72.8 Å². The Bertz CT molecular complexity index is 781. The summed E-state index contributed by atoms with van der Waals surface area (Å²) in [6, 6.07) is 0.0273. The third kappa shape index (κ3) is 3.90. The molecule has 0 aromatic carbocycles. The highest BCUT2D eigenvalue weighted by Gasteiger charge is 2.63. The minimum atomic E-state index is -0.702. The first kappa shape index (κ1) is 25.2. The highest BCUT2D eigenvalue weighted by atomic mass is 16.3. The molecule has 5 nitrogen and oxygen atoms in total. The van der Waals surface area contributed by atoms with E-state index in [1.807, 2.05) is 6.92 Å². The number of nitrogens with zero attached hydrogens (tertiary/aromatic N) is 1. The summed E-state index contributed by atoms with van der Waals surface area (Å²) in [5.41, 5.74) is 0.965. The molecular formula is C28H48N2O3. The maximum Gasteiger partial charge on any atom is 0.246 e. The second-order valence-electron chi connectivity index (χ2n) is 12.7. The van der Waals surface area contributed by atoms with E-state index in [2.05, 4.69) is 45.1 Å². The van der Waals surface area contributed by atoms with Gasteiger partial charge in [0, 0.05) is 11.6 Å². The molecule has 0 aromatic rings. The number of hydrogen-bond acceptors (Lipinski definition) is 4. The van der Waals surface area contributed by atoms with Crippen molar-refractivity contribution in [2.24, 2.45) is 40.4 Å². The van der Waals surface area contributed by atoms with Crippen LogP contribution in [-0.2, 0) is 4.79 Å². The van der Waals surface area contributed by atoms with Gasteiger partial charge in [-0.3, -0.25) is 4.79 Å². The normalized spacial score (nSPS) is 48.6. The lowest BCUT2D eigenvalue weighted by atomic mass is 9.43. The standard InChI is InChI=1S/C28H48N2O3/c1-8-16(2)26(33)29-24-23(31)15-28(5)21-13-14-27(4)19(17(3)30(6)7)11-12-20(27)18(21)9-10-22(28)25(24)32/h8,17-25,31-32H,9-15H2,1-7H3,(H,29,33)/b16-8+/t17-,18-,19+,20-,21-,22-,23-,24-,25+,27+,28+/m0/s1. The van der Waals surface area contributed by atoms with Gasteiger partial charge in [-0.25, -0.2) is 0 Å². The largest absolute Gasteiger partial charge is 0.391 e. The Labute approximate surface area is 201 Å². The molecule has 1 amide bonds. The average molecular weight is 461 g/mol. The lowest BCUT2D eigenvalue weighted by molar-refractivity contribution is -0.180. The molecule has 0 radical (unpaired) electrons. The summed E-state index contributed by atoms with van der Waals surface area (Å²) in [7, 11) is 4.44. The summed E-state index contributed by atoms with van der Waals surface area (Å²) >= 11 is 0. The number of allylic oxidation sites excluding steroid dienone is 1. The monoisotopic (exact) mass is 460 g/mol. The molecule has 0 bridgehead atoms. The molecule has 4 saturated carbocycles. The van der Waals surface area contributed by atoms with Crippen molar-refractivity contribution in [1.29, 1.82) is 0 Å². The van der Waals surface area contributed by atoms with Gasteiger partial charge in [-0.15, -0.1) is 0 Å². The zero-order chi connectivity index (χ0) is 24.3. The van der Waals surface area contributed by atoms with Crippen molar-refractivity contribution in [1.82, 2.24) is 10.2 Å². The van der Waals surface area contributed by atoms with Gasteiger partial charge in [0.05, 0.1) is 18.2 Å². The van der Waals surface area contributed by atoms with Gasteiger partial charge in [0.2, 0.25) is 5.91 Å². The second kappa shape index (κ2) is 8.95. The Morgan fingerprint density at radius 3 is 2.30 bits per heavy atom. The number of aliphatic hydroxyl groups excluding tert-OH is 2. The van der Waals surface area contributed by atoms with E-state index in [0.717, 1.165) is 18.3 Å². The summed E-state index contributed by atoms with van der Waals surface area (Å²) in [6.07, 6.45) is 8.36. The van der Waals surface area contributed by atoms with Crippen molar-refractivity contribution in [3.05, 3.63) is 11.6 Å². The van der Waals surface area contributed by atoms with Gasteiger partial charge in [0.1, 0.15) is 0 Å². The van der Waals surface area contributed by atoms with Gasteiger partial charge < -0.3 is 20.4 Å². The number of amides is 1. The van der Waals surface area contributed by atoms with Gasteiger partial charge in [0.15, 0.2) is 0 Å². The maximum atomic E-state index is 12.5. The first-order chi connectivity index (χ1) is 15.5. The fourth-order valence-corrected chi connectivity index (χ4v) is 9.18. The van der Waals surface area contributed by atoms with Crippen molar-refractivity contribution in [2.45, 2.75) is 104 Å². The molecule has 0 heterocycles. The van der Waals surface area contributed by atoms with Crippen LogP contribution in [0.5, 0.6) is 0 Å². The SMILES string of the molecule is C/C=C(\C)C(=O)N[C@@H]1[C@H](O)[C@@H]2CC[C@@H]3[C@H](CC[C@]4(C)[C@@H]([C@H](C)N(C)C)CC[C@@H]34)[C@@]2(C)C[C@@H]1O. The molecule has 0 saturated heterocycles. The van der Waals surface area contributed by atoms with E-state index in [4.69, 9.17) is 0 Å². The van der Waals surface area contributed by atoms with Crippen molar-refractivity contribution >= 4 is 5.91 Å². The molecule has 33 heavy (non-hydrogen) atoms. The van der Waals surface area contributed by atoms with Crippen LogP contribution in [0, 0.1) is 40.4 Å². The van der Waals surface area contributed by atoms with E-state index < -0.39 is 18.2 Å². The first-order valence-corrected chi connectivity index (χ1v) is 13.4. The molecule has 0 aliphatic heterocycles. The molecule has 4 aliphatic carbocycles. The number of fused-ring (bicyclic) bond motifs is 5. The molecule has 3 N–H and O–H groups in total. The predicted molar refractivity (Wildman–Crippen MR) is 133 cm³/mol. The molecule has 11 atom stereocenters. The molecule has 0 unspecified atom stereocenters.